The third-order valence-corrected chi connectivity index (χ3v) is 3.75. The second-order valence-corrected chi connectivity index (χ2v) is 5.34. The van der Waals surface area contributed by atoms with Crippen molar-refractivity contribution in [2.45, 2.75) is 6.54 Å². The number of imidazole rings is 1. The first-order valence-corrected chi connectivity index (χ1v) is 7.31. The van der Waals surface area contributed by atoms with Crippen LogP contribution in [-0.2, 0) is 11.3 Å². The number of likely N-dealkylation sites (N-methyl/N-ethyl adjacent to an activating group) is 1. The summed E-state index contributed by atoms with van der Waals surface area (Å²) in [6.45, 7) is 0.759. The van der Waals surface area contributed by atoms with Crippen LogP contribution < -0.4 is 10.2 Å². The number of rotatable bonds is 5. The summed E-state index contributed by atoms with van der Waals surface area (Å²) in [7, 11) is 1.81. The van der Waals surface area contributed by atoms with E-state index >= 15 is 0 Å². The fourth-order valence-corrected chi connectivity index (χ4v) is 2.65. The maximum atomic E-state index is 12.0. The maximum absolute atomic E-state index is 12.0. The number of aromatic amines is 1. The molecular weight excluding hydrogens is 288 g/mol. The van der Waals surface area contributed by atoms with Crippen LogP contribution in [0, 0.1) is 0 Å². The molecule has 1 amide bonds. The number of carbonyl (C=O) groups excluding carboxylic acids is 1. The van der Waals surface area contributed by atoms with Gasteiger partial charge < -0.3 is 15.2 Å². The highest BCUT2D eigenvalue weighted by atomic mass is 32.1. The third-order valence-electron chi connectivity index (χ3n) is 3.02. The summed E-state index contributed by atoms with van der Waals surface area (Å²) >= 11 is 1.61. The Bertz CT molecular complexity index is 738. The van der Waals surface area contributed by atoms with Crippen molar-refractivity contribution in [1.82, 2.24) is 25.3 Å². The van der Waals surface area contributed by atoms with Crippen LogP contribution in [-0.4, -0.2) is 39.4 Å². The van der Waals surface area contributed by atoms with E-state index < -0.39 is 0 Å². The molecule has 7 nitrogen and oxygen atoms in total. The molecule has 0 spiro atoms. The van der Waals surface area contributed by atoms with E-state index in [4.69, 9.17) is 0 Å². The molecule has 8 heteroatoms. The topological polar surface area (TPSA) is 86.8 Å². The minimum absolute atomic E-state index is 0.0602. The van der Waals surface area contributed by atoms with E-state index in [2.05, 4.69) is 25.3 Å². The van der Waals surface area contributed by atoms with Gasteiger partial charge >= 0.3 is 0 Å². The van der Waals surface area contributed by atoms with E-state index in [1.807, 2.05) is 23.9 Å². The number of amides is 1. The highest BCUT2D eigenvalue weighted by Gasteiger charge is 2.13. The minimum atomic E-state index is -0.0602. The van der Waals surface area contributed by atoms with Gasteiger partial charge in [-0.3, -0.25) is 4.79 Å². The monoisotopic (exact) mass is 302 g/mol. The summed E-state index contributed by atoms with van der Waals surface area (Å²) in [6, 6.07) is 1.99. The normalized spacial score (nSPS) is 10.7. The van der Waals surface area contributed by atoms with Gasteiger partial charge in [0.2, 0.25) is 5.91 Å². The summed E-state index contributed by atoms with van der Waals surface area (Å²) in [4.78, 5) is 29.1. The molecule has 0 aliphatic rings. The second kappa shape index (κ2) is 5.88. The average molecular weight is 302 g/mol. The van der Waals surface area contributed by atoms with Crippen molar-refractivity contribution in [2.24, 2.45) is 0 Å². The van der Waals surface area contributed by atoms with Crippen LogP contribution in [0.4, 0.5) is 5.82 Å². The lowest BCUT2D eigenvalue weighted by molar-refractivity contribution is -0.119. The summed E-state index contributed by atoms with van der Waals surface area (Å²) in [6.07, 6.45) is 3.01. The summed E-state index contributed by atoms with van der Waals surface area (Å²) in [5.41, 5.74) is 2.42. The highest BCUT2D eigenvalue weighted by molar-refractivity contribution is 7.07. The van der Waals surface area contributed by atoms with Gasteiger partial charge in [-0.1, -0.05) is 0 Å². The van der Waals surface area contributed by atoms with Crippen LogP contribution in [0.25, 0.3) is 11.2 Å². The van der Waals surface area contributed by atoms with Gasteiger partial charge in [0.05, 0.1) is 12.9 Å². The van der Waals surface area contributed by atoms with Crippen molar-refractivity contribution in [3.05, 3.63) is 35.0 Å². The number of nitrogens with one attached hydrogen (secondary N) is 2. The van der Waals surface area contributed by atoms with Crippen LogP contribution >= 0.6 is 11.3 Å². The van der Waals surface area contributed by atoms with E-state index in [0.717, 1.165) is 11.1 Å². The molecule has 3 aromatic heterocycles. The van der Waals surface area contributed by atoms with Crippen LogP contribution in [0.5, 0.6) is 0 Å². The van der Waals surface area contributed by atoms with Crippen molar-refractivity contribution >= 4 is 34.2 Å². The Hall–Kier alpha value is -2.48. The standard InChI is InChI=1S/C13H14N6OS/c1-19(5-10(20)14-4-9-2-3-21-6-9)13-11-12(16-7-15-11)17-8-18-13/h2-3,6-8H,4-5H2,1H3,(H,14,20)(H,15,16,17,18). The number of carbonyl (C=O) groups is 1. The Labute approximate surface area is 125 Å². The van der Waals surface area contributed by atoms with E-state index in [-0.39, 0.29) is 12.5 Å². The molecule has 0 fully saturated rings. The van der Waals surface area contributed by atoms with Gasteiger partial charge in [-0.15, -0.1) is 0 Å². The lowest BCUT2D eigenvalue weighted by atomic mass is 10.3. The third kappa shape index (κ3) is 3.00. The molecule has 3 rings (SSSR count). The molecule has 0 atom stereocenters. The smallest absolute Gasteiger partial charge is 0.239 e. The number of thiophene rings is 1. The summed E-state index contributed by atoms with van der Waals surface area (Å²) in [5.74, 6) is 0.596. The van der Waals surface area contributed by atoms with Crippen molar-refractivity contribution in [2.75, 3.05) is 18.5 Å². The van der Waals surface area contributed by atoms with Crippen LogP contribution in [0.3, 0.4) is 0 Å². The number of anilines is 1. The van der Waals surface area contributed by atoms with Crippen LogP contribution in [0.1, 0.15) is 5.56 Å². The zero-order chi connectivity index (χ0) is 14.7. The molecule has 3 aromatic rings. The predicted molar refractivity (Wildman–Crippen MR) is 81.1 cm³/mol. The van der Waals surface area contributed by atoms with Crippen LogP contribution in [0.2, 0.25) is 0 Å². The second-order valence-electron chi connectivity index (χ2n) is 4.56. The van der Waals surface area contributed by atoms with Gasteiger partial charge in [0.1, 0.15) is 11.8 Å². The molecule has 108 valence electrons. The zero-order valence-electron chi connectivity index (χ0n) is 11.4. The first-order valence-electron chi connectivity index (χ1n) is 6.37. The predicted octanol–water partition coefficient (Wildman–Crippen LogP) is 1.17. The van der Waals surface area contributed by atoms with E-state index in [9.17, 15) is 4.79 Å². The molecule has 0 bridgehead atoms. The maximum Gasteiger partial charge on any atom is 0.239 e. The largest absolute Gasteiger partial charge is 0.350 e. The fraction of sp³-hybridized carbons (Fsp3) is 0.231. The fourth-order valence-electron chi connectivity index (χ4n) is 1.98. The van der Waals surface area contributed by atoms with Gasteiger partial charge in [0.15, 0.2) is 11.5 Å². The van der Waals surface area contributed by atoms with Gasteiger partial charge in [0, 0.05) is 13.6 Å². The molecular formula is C13H14N6OS. The minimum Gasteiger partial charge on any atom is -0.350 e. The molecule has 21 heavy (non-hydrogen) atoms. The van der Waals surface area contributed by atoms with Gasteiger partial charge in [-0.2, -0.15) is 11.3 Å². The lowest BCUT2D eigenvalue weighted by Crippen LogP contribution is -2.35. The molecule has 0 saturated heterocycles. The van der Waals surface area contributed by atoms with Gasteiger partial charge in [-0.05, 0) is 22.4 Å². The zero-order valence-corrected chi connectivity index (χ0v) is 12.2. The van der Waals surface area contributed by atoms with E-state index in [1.165, 1.54) is 6.33 Å². The molecule has 0 unspecified atom stereocenters. The number of aromatic nitrogens is 4. The molecule has 0 aliphatic heterocycles. The first kappa shape index (κ1) is 13.5. The molecule has 2 N–H and O–H groups in total. The van der Waals surface area contributed by atoms with E-state index in [0.29, 0.717) is 18.0 Å². The Morgan fingerprint density at radius 2 is 2.33 bits per heavy atom. The SMILES string of the molecule is CN(CC(=O)NCc1ccsc1)c1ncnc2nc[nH]c12. The summed E-state index contributed by atoms with van der Waals surface area (Å²) in [5, 5.41) is 6.89. The Morgan fingerprint density at radius 3 is 3.14 bits per heavy atom. The molecule has 0 saturated carbocycles. The number of nitrogens with zero attached hydrogens (tertiary/aromatic N) is 4. The first-order chi connectivity index (χ1) is 10.2. The Morgan fingerprint density at radius 1 is 1.43 bits per heavy atom. The van der Waals surface area contributed by atoms with Crippen molar-refractivity contribution in [1.29, 1.82) is 0 Å². The van der Waals surface area contributed by atoms with Crippen molar-refractivity contribution < 1.29 is 4.79 Å². The lowest BCUT2D eigenvalue weighted by Gasteiger charge is -2.17. The number of H-pyrrole nitrogens is 1. The number of hydrogen-bond donors (Lipinski definition) is 2. The van der Waals surface area contributed by atoms with Crippen molar-refractivity contribution in [3.8, 4) is 0 Å². The number of fused-ring (bicyclic) bond motifs is 1. The highest BCUT2D eigenvalue weighted by Crippen LogP contribution is 2.17. The number of hydrogen-bond acceptors (Lipinski definition) is 6. The average Bonchev–Trinajstić information content (AvgIpc) is 3.15. The summed E-state index contributed by atoms with van der Waals surface area (Å²) < 4.78 is 0. The van der Waals surface area contributed by atoms with Crippen molar-refractivity contribution in [3.63, 3.8) is 0 Å². The molecule has 3 heterocycles. The quantitative estimate of drug-likeness (QED) is 0.738. The Kier molecular flexibility index (Phi) is 3.78. The van der Waals surface area contributed by atoms with E-state index in [1.54, 1.807) is 22.6 Å². The van der Waals surface area contributed by atoms with Crippen LogP contribution in [0.15, 0.2) is 29.5 Å². The van der Waals surface area contributed by atoms with Gasteiger partial charge in [-0.25, -0.2) is 15.0 Å². The molecule has 0 aromatic carbocycles. The Balaban J connectivity index is 1.64. The van der Waals surface area contributed by atoms with Gasteiger partial charge in [0.25, 0.3) is 0 Å². The molecule has 0 aliphatic carbocycles. The molecule has 0 radical (unpaired) electrons.